The highest BCUT2D eigenvalue weighted by atomic mass is 16.5. The van der Waals surface area contributed by atoms with Crippen LogP contribution in [0.15, 0.2) is 30.3 Å². The van der Waals surface area contributed by atoms with Gasteiger partial charge in [-0.15, -0.1) is 0 Å². The summed E-state index contributed by atoms with van der Waals surface area (Å²) >= 11 is 0. The SMILES string of the molecule is COCCNC(=O)[C@@H](C)OC(=O)C(C)(C)c1ccccc1. The van der Waals surface area contributed by atoms with Gasteiger partial charge in [-0.2, -0.15) is 0 Å². The normalized spacial score (nSPS) is 12.6. The maximum Gasteiger partial charge on any atom is 0.316 e. The van der Waals surface area contributed by atoms with Crippen molar-refractivity contribution in [3.05, 3.63) is 35.9 Å². The molecule has 1 amide bonds. The molecule has 1 rings (SSSR count). The van der Waals surface area contributed by atoms with E-state index in [-0.39, 0.29) is 5.91 Å². The quantitative estimate of drug-likeness (QED) is 0.613. The second-order valence-corrected chi connectivity index (χ2v) is 5.32. The first kappa shape index (κ1) is 17.2. The zero-order valence-electron chi connectivity index (χ0n) is 13.0. The minimum absolute atomic E-state index is 0.329. The number of rotatable bonds is 7. The number of methoxy groups -OCH3 is 1. The van der Waals surface area contributed by atoms with Crippen molar-refractivity contribution in [2.45, 2.75) is 32.3 Å². The third-order valence-electron chi connectivity index (χ3n) is 3.26. The van der Waals surface area contributed by atoms with E-state index in [9.17, 15) is 9.59 Å². The van der Waals surface area contributed by atoms with Gasteiger partial charge in [0, 0.05) is 13.7 Å². The maximum atomic E-state index is 12.3. The van der Waals surface area contributed by atoms with Crippen molar-refractivity contribution in [2.75, 3.05) is 20.3 Å². The van der Waals surface area contributed by atoms with E-state index < -0.39 is 17.5 Å². The molecule has 1 atom stereocenters. The Hall–Kier alpha value is -1.88. The highest BCUT2D eigenvalue weighted by Crippen LogP contribution is 2.24. The maximum absolute atomic E-state index is 12.3. The number of hydrogen-bond donors (Lipinski definition) is 1. The highest BCUT2D eigenvalue weighted by molar-refractivity contribution is 5.87. The van der Waals surface area contributed by atoms with Gasteiger partial charge in [0.1, 0.15) is 0 Å². The van der Waals surface area contributed by atoms with Crippen LogP contribution >= 0.6 is 0 Å². The Morgan fingerprint density at radius 2 is 1.86 bits per heavy atom. The van der Waals surface area contributed by atoms with Crippen molar-refractivity contribution in [2.24, 2.45) is 0 Å². The summed E-state index contributed by atoms with van der Waals surface area (Å²) in [5.74, 6) is -0.757. The lowest BCUT2D eigenvalue weighted by atomic mass is 9.85. The molecule has 116 valence electrons. The lowest BCUT2D eigenvalue weighted by Crippen LogP contribution is -2.41. The Bertz CT molecular complexity index is 470. The average Bonchev–Trinajstić information content (AvgIpc) is 2.48. The van der Waals surface area contributed by atoms with Crippen LogP contribution in [0.2, 0.25) is 0 Å². The van der Waals surface area contributed by atoms with Gasteiger partial charge in [-0.3, -0.25) is 9.59 Å². The van der Waals surface area contributed by atoms with E-state index in [1.807, 2.05) is 30.3 Å². The minimum atomic E-state index is -0.836. The molecule has 5 heteroatoms. The summed E-state index contributed by atoms with van der Waals surface area (Å²) < 4.78 is 10.1. The number of carbonyl (C=O) groups is 2. The number of amides is 1. The van der Waals surface area contributed by atoms with E-state index in [4.69, 9.17) is 9.47 Å². The molecule has 5 nitrogen and oxygen atoms in total. The largest absolute Gasteiger partial charge is 0.452 e. The lowest BCUT2D eigenvalue weighted by molar-refractivity contribution is -0.159. The van der Waals surface area contributed by atoms with Crippen molar-refractivity contribution in [3.63, 3.8) is 0 Å². The van der Waals surface area contributed by atoms with Crippen LogP contribution in [-0.4, -0.2) is 38.2 Å². The predicted octanol–water partition coefficient (Wildman–Crippen LogP) is 1.66. The minimum Gasteiger partial charge on any atom is -0.452 e. The summed E-state index contributed by atoms with van der Waals surface area (Å²) in [7, 11) is 1.55. The molecule has 0 fully saturated rings. The molecule has 0 spiro atoms. The van der Waals surface area contributed by atoms with Crippen LogP contribution in [0, 0.1) is 0 Å². The summed E-state index contributed by atoms with van der Waals surface area (Å²) in [5, 5.41) is 2.64. The fourth-order valence-electron chi connectivity index (χ4n) is 1.75. The van der Waals surface area contributed by atoms with E-state index >= 15 is 0 Å². The number of benzene rings is 1. The number of ether oxygens (including phenoxy) is 2. The molecule has 0 saturated carbocycles. The van der Waals surface area contributed by atoms with Crippen LogP contribution in [-0.2, 0) is 24.5 Å². The van der Waals surface area contributed by atoms with Crippen molar-refractivity contribution in [1.29, 1.82) is 0 Å². The first-order valence-electron chi connectivity index (χ1n) is 6.93. The molecular formula is C16H23NO4. The Morgan fingerprint density at radius 3 is 2.43 bits per heavy atom. The molecule has 0 heterocycles. The molecule has 1 aromatic carbocycles. The standard InChI is InChI=1S/C16H23NO4/c1-12(14(18)17-10-11-20-4)21-15(19)16(2,3)13-8-6-5-7-9-13/h5-9,12H,10-11H2,1-4H3,(H,17,18)/t12-/m1/s1. The molecular weight excluding hydrogens is 270 g/mol. The van der Waals surface area contributed by atoms with Crippen molar-refractivity contribution >= 4 is 11.9 Å². The molecule has 0 saturated heterocycles. The molecule has 0 unspecified atom stereocenters. The molecule has 0 radical (unpaired) electrons. The number of carbonyl (C=O) groups excluding carboxylic acids is 2. The number of esters is 1. The second kappa shape index (κ2) is 7.78. The van der Waals surface area contributed by atoms with Gasteiger partial charge in [0.15, 0.2) is 6.10 Å². The Kier molecular flexibility index (Phi) is 6.37. The number of nitrogens with one attached hydrogen (secondary N) is 1. The van der Waals surface area contributed by atoms with Crippen LogP contribution in [0.25, 0.3) is 0 Å². The Labute approximate surface area is 125 Å². The molecule has 0 aliphatic carbocycles. The van der Waals surface area contributed by atoms with Crippen LogP contribution in [0.3, 0.4) is 0 Å². The third-order valence-corrected chi connectivity index (χ3v) is 3.26. The van der Waals surface area contributed by atoms with E-state index in [0.29, 0.717) is 13.2 Å². The summed E-state index contributed by atoms with van der Waals surface area (Å²) in [4.78, 5) is 24.1. The van der Waals surface area contributed by atoms with Gasteiger partial charge in [0.05, 0.1) is 12.0 Å². The van der Waals surface area contributed by atoms with Crippen LogP contribution in [0.4, 0.5) is 0 Å². The van der Waals surface area contributed by atoms with Gasteiger partial charge in [-0.25, -0.2) is 0 Å². The molecule has 0 bridgehead atoms. The predicted molar refractivity (Wildman–Crippen MR) is 79.9 cm³/mol. The lowest BCUT2D eigenvalue weighted by Gasteiger charge is -2.25. The van der Waals surface area contributed by atoms with Crippen molar-refractivity contribution in [1.82, 2.24) is 5.32 Å². The van der Waals surface area contributed by atoms with Gasteiger partial charge in [0.2, 0.25) is 0 Å². The van der Waals surface area contributed by atoms with Crippen LogP contribution in [0.5, 0.6) is 0 Å². The van der Waals surface area contributed by atoms with Crippen molar-refractivity contribution in [3.8, 4) is 0 Å². The third kappa shape index (κ3) is 4.86. The summed E-state index contributed by atoms with van der Waals surface area (Å²) in [6.45, 7) is 5.92. The van der Waals surface area contributed by atoms with E-state index in [1.165, 1.54) is 0 Å². The zero-order chi connectivity index (χ0) is 15.9. The summed E-state index contributed by atoms with van der Waals surface area (Å²) in [6, 6.07) is 9.35. The average molecular weight is 293 g/mol. The summed E-state index contributed by atoms with van der Waals surface area (Å²) in [5.41, 5.74) is 0.0458. The Morgan fingerprint density at radius 1 is 1.24 bits per heavy atom. The summed E-state index contributed by atoms with van der Waals surface area (Å²) in [6.07, 6.45) is -0.836. The number of hydrogen-bond acceptors (Lipinski definition) is 4. The fourth-order valence-corrected chi connectivity index (χ4v) is 1.75. The van der Waals surface area contributed by atoms with Crippen LogP contribution in [0.1, 0.15) is 26.3 Å². The van der Waals surface area contributed by atoms with E-state index in [0.717, 1.165) is 5.56 Å². The molecule has 21 heavy (non-hydrogen) atoms. The van der Waals surface area contributed by atoms with Gasteiger partial charge < -0.3 is 14.8 Å². The molecule has 1 aromatic rings. The molecule has 1 N–H and O–H groups in total. The molecule has 0 aliphatic heterocycles. The zero-order valence-corrected chi connectivity index (χ0v) is 13.0. The van der Waals surface area contributed by atoms with Crippen LogP contribution < -0.4 is 5.32 Å². The molecule has 0 aromatic heterocycles. The van der Waals surface area contributed by atoms with Gasteiger partial charge in [0.25, 0.3) is 5.91 Å². The van der Waals surface area contributed by atoms with E-state index in [1.54, 1.807) is 27.9 Å². The topological polar surface area (TPSA) is 64.6 Å². The first-order chi connectivity index (χ1) is 9.89. The van der Waals surface area contributed by atoms with Crippen molar-refractivity contribution < 1.29 is 19.1 Å². The van der Waals surface area contributed by atoms with E-state index in [2.05, 4.69) is 5.32 Å². The van der Waals surface area contributed by atoms with Gasteiger partial charge >= 0.3 is 5.97 Å². The first-order valence-corrected chi connectivity index (χ1v) is 6.93. The molecule has 0 aliphatic rings. The second-order valence-electron chi connectivity index (χ2n) is 5.32. The van der Waals surface area contributed by atoms with Gasteiger partial charge in [-0.05, 0) is 26.3 Å². The highest BCUT2D eigenvalue weighted by Gasteiger charge is 2.33. The van der Waals surface area contributed by atoms with Gasteiger partial charge in [-0.1, -0.05) is 30.3 Å². The monoisotopic (exact) mass is 293 g/mol. The Balaban J connectivity index is 2.61. The fraction of sp³-hybridized carbons (Fsp3) is 0.500. The smallest absolute Gasteiger partial charge is 0.316 e.